The van der Waals surface area contributed by atoms with Crippen molar-refractivity contribution >= 4 is 29.4 Å². The van der Waals surface area contributed by atoms with Crippen LogP contribution in [0.3, 0.4) is 0 Å². The van der Waals surface area contributed by atoms with E-state index in [-0.39, 0.29) is 17.9 Å². The van der Waals surface area contributed by atoms with Crippen LogP contribution in [-0.4, -0.2) is 40.4 Å². The number of carbonyl (C=O) groups excluding carboxylic acids is 3. The Labute approximate surface area is 209 Å². The molecule has 2 aliphatic rings. The van der Waals surface area contributed by atoms with Gasteiger partial charge in [0.15, 0.2) is 0 Å². The van der Waals surface area contributed by atoms with Crippen LogP contribution in [-0.2, 0) is 17.8 Å². The van der Waals surface area contributed by atoms with Crippen LogP contribution in [0, 0.1) is 0 Å². The monoisotopic (exact) mass is 481 g/mol. The van der Waals surface area contributed by atoms with E-state index in [0.29, 0.717) is 36.2 Å². The molecule has 0 bridgehead atoms. The van der Waals surface area contributed by atoms with Gasteiger partial charge >= 0.3 is 0 Å². The predicted octanol–water partition coefficient (Wildman–Crippen LogP) is 3.82. The van der Waals surface area contributed by atoms with Crippen molar-refractivity contribution < 1.29 is 19.6 Å². The first-order valence-corrected chi connectivity index (χ1v) is 12.1. The van der Waals surface area contributed by atoms with E-state index >= 15 is 0 Å². The Morgan fingerprint density at radius 2 is 1.58 bits per heavy atom. The van der Waals surface area contributed by atoms with Crippen molar-refractivity contribution in [3.05, 3.63) is 106 Å². The SMILES string of the molecule is O=C(NC1CC1)/C(=C\c1ccc(C(=O)N2CCc3ccc(C(=O)NO)cc3C2)cc1)c1ccccc1. The van der Waals surface area contributed by atoms with Crippen molar-refractivity contribution in [1.82, 2.24) is 15.7 Å². The number of rotatable bonds is 6. The highest BCUT2D eigenvalue weighted by Gasteiger charge is 2.26. The molecule has 5 rings (SSSR count). The summed E-state index contributed by atoms with van der Waals surface area (Å²) in [6.07, 6.45) is 4.58. The molecule has 0 unspecified atom stereocenters. The zero-order chi connectivity index (χ0) is 25.1. The maximum Gasteiger partial charge on any atom is 0.274 e. The van der Waals surface area contributed by atoms with Gasteiger partial charge in [-0.3, -0.25) is 19.6 Å². The minimum absolute atomic E-state index is 0.0925. The van der Waals surface area contributed by atoms with Crippen LogP contribution in [0.5, 0.6) is 0 Å². The lowest BCUT2D eigenvalue weighted by molar-refractivity contribution is -0.115. The summed E-state index contributed by atoms with van der Waals surface area (Å²) in [5, 5.41) is 12.0. The van der Waals surface area contributed by atoms with E-state index < -0.39 is 5.91 Å². The molecule has 1 fully saturated rings. The fourth-order valence-corrected chi connectivity index (χ4v) is 4.40. The van der Waals surface area contributed by atoms with Crippen LogP contribution in [0.25, 0.3) is 11.6 Å². The Balaban J connectivity index is 1.33. The van der Waals surface area contributed by atoms with Gasteiger partial charge in [-0.1, -0.05) is 48.5 Å². The van der Waals surface area contributed by atoms with Crippen LogP contribution in [0.2, 0.25) is 0 Å². The minimum atomic E-state index is -0.578. The number of hydrogen-bond donors (Lipinski definition) is 3. The Hall–Kier alpha value is -4.23. The van der Waals surface area contributed by atoms with Gasteiger partial charge in [0.25, 0.3) is 17.7 Å². The average Bonchev–Trinajstić information content (AvgIpc) is 3.75. The van der Waals surface area contributed by atoms with Crippen LogP contribution in [0.4, 0.5) is 0 Å². The second kappa shape index (κ2) is 10.2. The Bertz CT molecular complexity index is 1330. The maximum absolute atomic E-state index is 13.2. The lowest BCUT2D eigenvalue weighted by Crippen LogP contribution is -2.36. The third-order valence-corrected chi connectivity index (χ3v) is 6.58. The van der Waals surface area contributed by atoms with Crippen molar-refractivity contribution in [2.75, 3.05) is 6.54 Å². The third kappa shape index (κ3) is 5.21. The van der Waals surface area contributed by atoms with Gasteiger partial charge in [0, 0.05) is 35.8 Å². The van der Waals surface area contributed by atoms with Crippen molar-refractivity contribution in [1.29, 1.82) is 0 Å². The maximum atomic E-state index is 13.2. The van der Waals surface area contributed by atoms with Gasteiger partial charge in [0.05, 0.1) is 0 Å². The highest BCUT2D eigenvalue weighted by atomic mass is 16.5. The van der Waals surface area contributed by atoms with Gasteiger partial charge in [-0.05, 0) is 71.9 Å². The molecular formula is C29H27N3O4. The topological polar surface area (TPSA) is 98.7 Å². The Kier molecular flexibility index (Phi) is 6.64. The van der Waals surface area contributed by atoms with E-state index in [1.54, 1.807) is 34.6 Å². The number of fused-ring (bicyclic) bond motifs is 1. The van der Waals surface area contributed by atoms with Crippen LogP contribution in [0.1, 0.15) is 55.8 Å². The third-order valence-electron chi connectivity index (χ3n) is 6.58. The molecule has 0 spiro atoms. The van der Waals surface area contributed by atoms with Crippen molar-refractivity contribution in [2.45, 2.75) is 31.8 Å². The quantitative estimate of drug-likeness (QED) is 0.216. The summed E-state index contributed by atoms with van der Waals surface area (Å²) in [5.41, 5.74) is 6.81. The minimum Gasteiger partial charge on any atom is -0.349 e. The summed E-state index contributed by atoms with van der Waals surface area (Å²) >= 11 is 0. The summed E-state index contributed by atoms with van der Waals surface area (Å²) < 4.78 is 0. The van der Waals surface area contributed by atoms with Crippen molar-refractivity contribution in [3.8, 4) is 0 Å². The lowest BCUT2D eigenvalue weighted by atomic mass is 9.96. The number of benzene rings is 3. The lowest BCUT2D eigenvalue weighted by Gasteiger charge is -2.29. The van der Waals surface area contributed by atoms with Gasteiger partial charge in [-0.15, -0.1) is 0 Å². The average molecular weight is 482 g/mol. The van der Waals surface area contributed by atoms with Gasteiger partial charge in [0.1, 0.15) is 0 Å². The molecule has 0 saturated heterocycles. The van der Waals surface area contributed by atoms with E-state index in [4.69, 9.17) is 5.21 Å². The number of carbonyl (C=O) groups is 3. The first kappa shape index (κ1) is 23.5. The number of hydroxylamine groups is 1. The van der Waals surface area contributed by atoms with Crippen LogP contribution >= 0.6 is 0 Å². The molecule has 3 N–H and O–H groups in total. The summed E-state index contributed by atoms with van der Waals surface area (Å²) in [6, 6.07) is 22.3. The molecule has 7 heteroatoms. The molecule has 7 nitrogen and oxygen atoms in total. The molecular weight excluding hydrogens is 454 g/mol. The van der Waals surface area contributed by atoms with Crippen molar-refractivity contribution in [3.63, 3.8) is 0 Å². The number of nitrogens with one attached hydrogen (secondary N) is 2. The highest BCUT2D eigenvalue weighted by Crippen LogP contribution is 2.25. The Morgan fingerprint density at radius 1 is 0.861 bits per heavy atom. The standard InChI is InChI=1S/C29H27N3O4/c33-27(31-36)23-11-10-20-14-15-32(18-24(20)17-23)29(35)22-8-6-19(7-9-22)16-26(21-4-2-1-3-5-21)28(34)30-25-12-13-25/h1-11,16-17,25,36H,12-15,18H2,(H,30,34)(H,31,33)/b26-16-. The van der Waals surface area contributed by atoms with Gasteiger partial charge in [-0.2, -0.15) is 0 Å². The smallest absolute Gasteiger partial charge is 0.274 e. The van der Waals surface area contributed by atoms with E-state index in [1.807, 2.05) is 54.6 Å². The Morgan fingerprint density at radius 3 is 2.28 bits per heavy atom. The molecule has 1 heterocycles. The zero-order valence-electron chi connectivity index (χ0n) is 19.7. The second-order valence-corrected chi connectivity index (χ2v) is 9.19. The molecule has 0 radical (unpaired) electrons. The van der Waals surface area contributed by atoms with Gasteiger partial charge in [-0.25, -0.2) is 5.48 Å². The summed E-state index contributed by atoms with van der Waals surface area (Å²) in [5.74, 6) is -0.765. The molecule has 3 amide bonds. The molecule has 3 aromatic rings. The van der Waals surface area contributed by atoms with Crippen molar-refractivity contribution in [2.24, 2.45) is 0 Å². The summed E-state index contributed by atoms with van der Waals surface area (Å²) in [4.78, 5) is 39.6. The van der Waals surface area contributed by atoms with E-state index in [9.17, 15) is 14.4 Å². The summed E-state index contributed by atoms with van der Waals surface area (Å²) in [7, 11) is 0. The normalized spacial score (nSPS) is 15.1. The number of hydrogen-bond acceptors (Lipinski definition) is 4. The first-order valence-electron chi connectivity index (χ1n) is 12.1. The highest BCUT2D eigenvalue weighted by molar-refractivity contribution is 6.24. The molecule has 36 heavy (non-hydrogen) atoms. The predicted molar refractivity (Wildman–Crippen MR) is 136 cm³/mol. The second-order valence-electron chi connectivity index (χ2n) is 9.19. The molecule has 1 aliphatic heterocycles. The number of nitrogens with zero attached hydrogens (tertiary/aromatic N) is 1. The fraction of sp³-hybridized carbons (Fsp3) is 0.207. The van der Waals surface area contributed by atoms with E-state index in [0.717, 1.165) is 35.1 Å². The van der Waals surface area contributed by atoms with Gasteiger partial charge < -0.3 is 10.2 Å². The van der Waals surface area contributed by atoms with Crippen LogP contribution in [0.15, 0.2) is 72.8 Å². The van der Waals surface area contributed by atoms with E-state index in [1.165, 1.54) is 0 Å². The van der Waals surface area contributed by atoms with Gasteiger partial charge in [0.2, 0.25) is 0 Å². The van der Waals surface area contributed by atoms with Crippen LogP contribution < -0.4 is 10.8 Å². The summed E-state index contributed by atoms with van der Waals surface area (Å²) in [6.45, 7) is 0.973. The first-order chi connectivity index (χ1) is 17.5. The zero-order valence-corrected chi connectivity index (χ0v) is 19.7. The molecule has 0 atom stereocenters. The molecule has 182 valence electrons. The largest absolute Gasteiger partial charge is 0.349 e. The molecule has 0 aromatic heterocycles. The number of amides is 3. The molecule has 3 aromatic carbocycles. The van der Waals surface area contributed by atoms with E-state index in [2.05, 4.69) is 5.32 Å². The molecule has 1 saturated carbocycles. The molecule has 1 aliphatic carbocycles. The fourth-order valence-electron chi connectivity index (χ4n) is 4.40.